The lowest BCUT2D eigenvalue weighted by Gasteiger charge is -2.35. The van der Waals surface area contributed by atoms with Crippen LogP contribution in [0.4, 0.5) is 0 Å². The van der Waals surface area contributed by atoms with Crippen LogP contribution in [0.5, 0.6) is 0 Å². The largest absolute Gasteiger partial charge is 0.372 e. The number of ether oxygens (including phenoxy) is 1. The second-order valence-corrected chi connectivity index (χ2v) is 4.72. The Morgan fingerprint density at radius 1 is 1.47 bits per heavy atom. The van der Waals surface area contributed by atoms with Crippen LogP contribution in [0.1, 0.15) is 24.2 Å². The number of aromatic nitrogens is 1. The van der Waals surface area contributed by atoms with Crippen molar-refractivity contribution in [1.29, 1.82) is 0 Å². The van der Waals surface area contributed by atoms with Gasteiger partial charge < -0.3 is 9.64 Å². The fourth-order valence-corrected chi connectivity index (χ4v) is 2.24. The second-order valence-electron chi connectivity index (χ2n) is 4.33. The number of hydrogen-bond acceptors (Lipinski definition) is 3. The Hall–Kier alpha value is -1.13. The first kappa shape index (κ1) is 12.3. The molecule has 1 aromatic rings. The van der Waals surface area contributed by atoms with Crippen LogP contribution in [-0.4, -0.2) is 41.1 Å². The van der Waals surface area contributed by atoms with E-state index in [9.17, 15) is 4.79 Å². The van der Waals surface area contributed by atoms with E-state index in [1.54, 1.807) is 23.2 Å². The summed E-state index contributed by atoms with van der Waals surface area (Å²) in [5, 5.41) is 0.338. The van der Waals surface area contributed by atoms with Crippen LogP contribution in [0, 0.1) is 0 Å². The van der Waals surface area contributed by atoms with Crippen molar-refractivity contribution in [2.45, 2.75) is 26.1 Å². The maximum Gasteiger partial charge on any atom is 0.254 e. The maximum atomic E-state index is 12.2. The van der Waals surface area contributed by atoms with Gasteiger partial charge in [0, 0.05) is 24.8 Å². The van der Waals surface area contributed by atoms with Crippen molar-refractivity contribution < 1.29 is 9.53 Å². The number of nitrogens with zero attached hydrogens (tertiary/aromatic N) is 2. The summed E-state index contributed by atoms with van der Waals surface area (Å²) in [4.78, 5) is 17.9. The van der Waals surface area contributed by atoms with Crippen LogP contribution in [-0.2, 0) is 4.74 Å². The Labute approximate surface area is 106 Å². The Kier molecular flexibility index (Phi) is 3.64. The number of pyridine rings is 1. The van der Waals surface area contributed by atoms with Gasteiger partial charge in [-0.1, -0.05) is 11.6 Å². The molecule has 1 amide bonds. The lowest BCUT2D eigenvalue weighted by Crippen LogP contribution is -2.48. The summed E-state index contributed by atoms with van der Waals surface area (Å²) in [7, 11) is 0. The third-order valence-corrected chi connectivity index (χ3v) is 2.89. The molecule has 0 saturated carbocycles. The Morgan fingerprint density at radius 2 is 2.12 bits per heavy atom. The molecule has 92 valence electrons. The molecule has 2 heterocycles. The zero-order valence-corrected chi connectivity index (χ0v) is 10.6. The molecule has 0 unspecified atom stereocenters. The first-order valence-electron chi connectivity index (χ1n) is 5.62. The average molecular weight is 255 g/mol. The summed E-state index contributed by atoms with van der Waals surface area (Å²) in [6.45, 7) is 5.16. The molecular formula is C12H15ClN2O2. The van der Waals surface area contributed by atoms with E-state index in [1.807, 2.05) is 13.8 Å². The van der Waals surface area contributed by atoms with E-state index in [-0.39, 0.29) is 18.1 Å². The van der Waals surface area contributed by atoms with Crippen LogP contribution >= 0.6 is 11.6 Å². The van der Waals surface area contributed by atoms with Gasteiger partial charge in [-0.15, -0.1) is 0 Å². The fourth-order valence-electron chi connectivity index (χ4n) is 2.06. The standard InChI is InChI=1S/C12H15ClN2O2/c1-8-6-15(7-9(2)17-8)12(16)10-3-4-14-11(13)5-10/h3-5,8-9H,6-7H2,1-2H3/t8-,9+. The van der Waals surface area contributed by atoms with Crippen LogP contribution < -0.4 is 0 Å². The van der Waals surface area contributed by atoms with Crippen LogP contribution in [0.25, 0.3) is 0 Å². The van der Waals surface area contributed by atoms with E-state index in [0.29, 0.717) is 23.8 Å². The molecule has 0 N–H and O–H groups in total. The molecule has 1 aliphatic heterocycles. The summed E-state index contributed by atoms with van der Waals surface area (Å²) < 4.78 is 5.59. The van der Waals surface area contributed by atoms with Crippen molar-refractivity contribution in [2.24, 2.45) is 0 Å². The fraction of sp³-hybridized carbons (Fsp3) is 0.500. The SMILES string of the molecule is C[C@@H]1CN(C(=O)c2ccnc(Cl)c2)C[C@H](C)O1. The summed E-state index contributed by atoms with van der Waals surface area (Å²) >= 11 is 5.78. The van der Waals surface area contributed by atoms with Gasteiger partial charge in [-0.2, -0.15) is 0 Å². The van der Waals surface area contributed by atoms with Crippen molar-refractivity contribution >= 4 is 17.5 Å². The van der Waals surface area contributed by atoms with Gasteiger partial charge in [0.2, 0.25) is 0 Å². The van der Waals surface area contributed by atoms with Crippen molar-refractivity contribution in [3.8, 4) is 0 Å². The molecule has 0 aromatic carbocycles. The second kappa shape index (κ2) is 5.02. The summed E-state index contributed by atoms with van der Waals surface area (Å²) in [5.41, 5.74) is 0.575. The number of carbonyl (C=O) groups is 1. The van der Waals surface area contributed by atoms with Gasteiger partial charge in [-0.05, 0) is 26.0 Å². The van der Waals surface area contributed by atoms with Gasteiger partial charge >= 0.3 is 0 Å². The highest BCUT2D eigenvalue weighted by atomic mass is 35.5. The highest BCUT2D eigenvalue weighted by molar-refractivity contribution is 6.29. The number of rotatable bonds is 1. The Balaban J connectivity index is 2.14. The molecule has 2 atom stereocenters. The third kappa shape index (κ3) is 2.96. The van der Waals surface area contributed by atoms with Gasteiger partial charge in [0.15, 0.2) is 0 Å². The first-order valence-corrected chi connectivity index (χ1v) is 6.00. The molecular weight excluding hydrogens is 240 g/mol. The minimum absolute atomic E-state index is 0.0173. The molecule has 1 fully saturated rings. The zero-order chi connectivity index (χ0) is 12.4. The van der Waals surface area contributed by atoms with E-state index in [0.717, 1.165) is 0 Å². The summed E-state index contributed by atoms with van der Waals surface area (Å²) in [5.74, 6) is -0.0173. The molecule has 0 spiro atoms. The smallest absolute Gasteiger partial charge is 0.254 e. The minimum atomic E-state index is -0.0173. The molecule has 17 heavy (non-hydrogen) atoms. The number of carbonyl (C=O) groups excluding carboxylic acids is 1. The van der Waals surface area contributed by atoms with E-state index in [1.165, 1.54) is 0 Å². The maximum absolute atomic E-state index is 12.2. The topological polar surface area (TPSA) is 42.4 Å². The summed E-state index contributed by atoms with van der Waals surface area (Å²) in [6, 6.07) is 3.27. The van der Waals surface area contributed by atoms with Gasteiger partial charge in [0.1, 0.15) is 5.15 Å². The Morgan fingerprint density at radius 3 is 2.71 bits per heavy atom. The van der Waals surface area contributed by atoms with Crippen molar-refractivity contribution in [3.05, 3.63) is 29.0 Å². The molecule has 4 nitrogen and oxygen atoms in total. The zero-order valence-electron chi connectivity index (χ0n) is 9.89. The van der Waals surface area contributed by atoms with E-state index >= 15 is 0 Å². The molecule has 1 aliphatic rings. The minimum Gasteiger partial charge on any atom is -0.372 e. The molecule has 5 heteroatoms. The van der Waals surface area contributed by atoms with Gasteiger partial charge in [-0.3, -0.25) is 4.79 Å². The highest BCUT2D eigenvalue weighted by Gasteiger charge is 2.26. The number of hydrogen-bond donors (Lipinski definition) is 0. The molecule has 2 rings (SSSR count). The number of halogens is 1. The first-order chi connectivity index (χ1) is 8.06. The number of morpholine rings is 1. The monoisotopic (exact) mass is 254 g/mol. The molecule has 1 saturated heterocycles. The van der Waals surface area contributed by atoms with Crippen molar-refractivity contribution in [3.63, 3.8) is 0 Å². The molecule has 0 radical (unpaired) electrons. The normalized spacial score (nSPS) is 24.8. The number of amides is 1. The molecule has 1 aromatic heterocycles. The van der Waals surface area contributed by atoms with E-state index in [4.69, 9.17) is 16.3 Å². The van der Waals surface area contributed by atoms with Gasteiger partial charge in [-0.25, -0.2) is 4.98 Å². The predicted molar refractivity (Wildman–Crippen MR) is 65.2 cm³/mol. The molecule has 0 bridgehead atoms. The molecule has 0 aliphatic carbocycles. The van der Waals surface area contributed by atoms with Crippen molar-refractivity contribution in [1.82, 2.24) is 9.88 Å². The average Bonchev–Trinajstić information content (AvgIpc) is 2.26. The lowest BCUT2D eigenvalue weighted by atomic mass is 10.2. The summed E-state index contributed by atoms with van der Waals surface area (Å²) in [6.07, 6.45) is 1.68. The van der Waals surface area contributed by atoms with Crippen molar-refractivity contribution in [2.75, 3.05) is 13.1 Å². The Bertz CT molecular complexity index is 415. The van der Waals surface area contributed by atoms with E-state index in [2.05, 4.69) is 4.98 Å². The lowest BCUT2D eigenvalue weighted by molar-refractivity contribution is -0.0586. The third-order valence-electron chi connectivity index (χ3n) is 2.68. The highest BCUT2D eigenvalue weighted by Crippen LogP contribution is 2.15. The quantitative estimate of drug-likeness (QED) is 0.720. The van der Waals surface area contributed by atoms with Crippen LogP contribution in [0.3, 0.4) is 0 Å². The van der Waals surface area contributed by atoms with Crippen LogP contribution in [0.2, 0.25) is 5.15 Å². The van der Waals surface area contributed by atoms with E-state index < -0.39 is 0 Å². The van der Waals surface area contributed by atoms with Gasteiger partial charge in [0.05, 0.1) is 12.2 Å². The van der Waals surface area contributed by atoms with Gasteiger partial charge in [0.25, 0.3) is 5.91 Å². The predicted octanol–water partition coefficient (Wildman–Crippen LogP) is 1.98. The van der Waals surface area contributed by atoms with Crippen LogP contribution in [0.15, 0.2) is 18.3 Å².